The summed E-state index contributed by atoms with van der Waals surface area (Å²) in [4.78, 5) is 11.2. The van der Waals surface area contributed by atoms with Crippen molar-refractivity contribution in [3.8, 4) is 11.8 Å². The number of hydrogen-bond acceptors (Lipinski definition) is 3. The average Bonchev–Trinajstić information content (AvgIpc) is 2.56. The first-order chi connectivity index (χ1) is 11.0. The van der Waals surface area contributed by atoms with E-state index in [0.717, 1.165) is 5.56 Å². The van der Waals surface area contributed by atoms with Gasteiger partial charge in [0.1, 0.15) is 11.6 Å². The molecule has 0 spiro atoms. The molecular formula is C18H16FNO3. The highest BCUT2D eigenvalue weighted by Gasteiger charge is 2.27. The van der Waals surface area contributed by atoms with Crippen LogP contribution in [0.2, 0.25) is 0 Å². The van der Waals surface area contributed by atoms with Gasteiger partial charge in [0.15, 0.2) is 0 Å². The first-order valence-corrected chi connectivity index (χ1v) is 7.06. The molecule has 0 aromatic heterocycles. The maximum absolute atomic E-state index is 13.1. The molecule has 0 aliphatic rings. The summed E-state index contributed by atoms with van der Waals surface area (Å²) in [6, 6.07) is 14.7. The summed E-state index contributed by atoms with van der Waals surface area (Å²) in [6.07, 6.45) is -0.193. The van der Waals surface area contributed by atoms with Gasteiger partial charge in [0, 0.05) is 5.92 Å². The number of nitrogens with zero attached hydrogens (tertiary/aromatic N) is 1. The minimum Gasteiger partial charge on any atom is -0.497 e. The zero-order valence-electron chi connectivity index (χ0n) is 12.6. The molecule has 0 heterocycles. The van der Waals surface area contributed by atoms with Crippen molar-refractivity contribution in [2.24, 2.45) is 0 Å². The normalized spacial score (nSPS) is 12.9. The van der Waals surface area contributed by atoms with Gasteiger partial charge < -0.3 is 9.84 Å². The van der Waals surface area contributed by atoms with Crippen LogP contribution in [0.3, 0.4) is 0 Å². The smallest absolute Gasteiger partial charge is 0.304 e. The molecule has 0 aliphatic heterocycles. The number of carbonyl (C=O) groups is 1. The van der Waals surface area contributed by atoms with E-state index in [-0.39, 0.29) is 6.42 Å². The predicted octanol–water partition coefficient (Wildman–Crippen LogP) is 3.70. The predicted molar refractivity (Wildman–Crippen MR) is 82.7 cm³/mol. The van der Waals surface area contributed by atoms with Crippen molar-refractivity contribution in [1.29, 1.82) is 5.26 Å². The van der Waals surface area contributed by atoms with Crippen LogP contribution in [0.15, 0.2) is 48.5 Å². The Balaban J connectivity index is 2.40. The monoisotopic (exact) mass is 313 g/mol. The van der Waals surface area contributed by atoms with Crippen LogP contribution in [0.4, 0.5) is 4.39 Å². The summed E-state index contributed by atoms with van der Waals surface area (Å²) in [5, 5.41) is 18.7. The summed E-state index contributed by atoms with van der Waals surface area (Å²) < 4.78 is 18.2. The molecule has 2 unspecified atom stereocenters. The standard InChI is InChI=1S/C18H16FNO3/c1-23-15-8-4-12(5-9-15)16(10-18(21)22)17(11-20)13-2-6-14(19)7-3-13/h2-9,16-17H,10H2,1H3,(H,21,22). The summed E-state index contributed by atoms with van der Waals surface area (Å²) >= 11 is 0. The van der Waals surface area contributed by atoms with Gasteiger partial charge in [0.2, 0.25) is 0 Å². The second-order valence-electron chi connectivity index (χ2n) is 5.14. The van der Waals surface area contributed by atoms with E-state index < -0.39 is 23.6 Å². The van der Waals surface area contributed by atoms with Gasteiger partial charge in [-0.3, -0.25) is 4.79 Å². The molecule has 0 bridgehead atoms. The van der Waals surface area contributed by atoms with Gasteiger partial charge in [-0.15, -0.1) is 0 Å². The summed E-state index contributed by atoms with van der Waals surface area (Å²) in [6.45, 7) is 0. The van der Waals surface area contributed by atoms with Crippen molar-refractivity contribution in [3.63, 3.8) is 0 Å². The number of ether oxygens (including phenoxy) is 1. The van der Waals surface area contributed by atoms with Crippen LogP contribution >= 0.6 is 0 Å². The third-order valence-corrected chi connectivity index (χ3v) is 3.71. The topological polar surface area (TPSA) is 70.3 Å². The lowest BCUT2D eigenvalue weighted by atomic mass is 9.80. The molecule has 0 fully saturated rings. The highest BCUT2D eigenvalue weighted by atomic mass is 19.1. The Bertz CT molecular complexity index is 705. The van der Waals surface area contributed by atoms with E-state index in [1.54, 1.807) is 31.4 Å². The van der Waals surface area contributed by atoms with Crippen LogP contribution in [0.25, 0.3) is 0 Å². The second-order valence-corrected chi connectivity index (χ2v) is 5.14. The number of aliphatic carboxylic acids is 1. The van der Waals surface area contributed by atoms with Gasteiger partial charge in [-0.05, 0) is 35.4 Å². The Morgan fingerprint density at radius 2 is 1.74 bits per heavy atom. The number of halogens is 1. The highest BCUT2D eigenvalue weighted by molar-refractivity contribution is 5.68. The molecule has 4 nitrogen and oxygen atoms in total. The van der Waals surface area contributed by atoms with Crippen molar-refractivity contribution >= 4 is 5.97 Å². The first kappa shape index (κ1) is 16.5. The van der Waals surface area contributed by atoms with Crippen LogP contribution in [0.1, 0.15) is 29.4 Å². The highest BCUT2D eigenvalue weighted by Crippen LogP contribution is 2.36. The third kappa shape index (κ3) is 4.07. The van der Waals surface area contributed by atoms with Crippen molar-refractivity contribution in [1.82, 2.24) is 0 Å². The van der Waals surface area contributed by atoms with Crippen molar-refractivity contribution in [2.75, 3.05) is 7.11 Å². The quantitative estimate of drug-likeness (QED) is 0.882. The molecule has 0 radical (unpaired) electrons. The summed E-state index contributed by atoms with van der Waals surface area (Å²) in [5.41, 5.74) is 1.32. The van der Waals surface area contributed by atoms with E-state index in [9.17, 15) is 19.6 Å². The van der Waals surface area contributed by atoms with Gasteiger partial charge in [-0.1, -0.05) is 24.3 Å². The Morgan fingerprint density at radius 3 is 2.22 bits per heavy atom. The summed E-state index contributed by atoms with van der Waals surface area (Å²) in [5.74, 6) is -1.95. The fourth-order valence-corrected chi connectivity index (χ4v) is 2.53. The van der Waals surface area contributed by atoms with Crippen LogP contribution in [0.5, 0.6) is 5.75 Å². The Kier molecular flexibility index (Phi) is 5.32. The first-order valence-electron chi connectivity index (χ1n) is 7.06. The van der Waals surface area contributed by atoms with Gasteiger partial charge in [0.05, 0.1) is 25.5 Å². The van der Waals surface area contributed by atoms with Crippen LogP contribution < -0.4 is 4.74 Å². The maximum atomic E-state index is 13.1. The molecule has 118 valence electrons. The molecule has 2 aromatic carbocycles. The van der Waals surface area contributed by atoms with Crippen LogP contribution in [0, 0.1) is 17.1 Å². The fourth-order valence-electron chi connectivity index (χ4n) is 2.53. The zero-order valence-corrected chi connectivity index (χ0v) is 12.6. The molecule has 2 atom stereocenters. The van der Waals surface area contributed by atoms with E-state index in [4.69, 9.17) is 4.74 Å². The van der Waals surface area contributed by atoms with E-state index in [0.29, 0.717) is 11.3 Å². The average molecular weight is 313 g/mol. The Morgan fingerprint density at radius 1 is 1.17 bits per heavy atom. The van der Waals surface area contributed by atoms with E-state index in [2.05, 4.69) is 6.07 Å². The number of rotatable bonds is 6. The lowest BCUT2D eigenvalue weighted by molar-refractivity contribution is -0.137. The number of methoxy groups -OCH3 is 1. The molecule has 0 amide bonds. The molecule has 2 aromatic rings. The molecule has 0 aliphatic carbocycles. The van der Waals surface area contributed by atoms with Gasteiger partial charge in [-0.2, -0.15) is 5.26 Å². The molecule has 0 saturated heterocycles. The van der Waals surface area contributed by atoms with Crippen LogP contribution in [-0.2, 0) is 4.79 Å². The fraction of sp³-hybridized carbons (Fsp3) is 0.222. The SMILES string of the molecule is COc1ccc(C(CC(=O)O)C(C#N)c2ccc(F)cc2)cc1. The van der Waals surface area contributed by atoms with Gasteiger partial charge >= 0.3 is 5.97 Å². The molecular weight excluding hydrogens is 297 g/mol. The van der Waals surface area contributed by atoms with E-state index >= 15 is 0 Å². The van der Waals surface area contributed by atoms with Crippen LogP contribution in [-0.4, -0.2) is 18.2 Å². The Hall–Kier alpha value is -2.87. The summed E-state index contributed by atoms with van der Waals surface area (Å²) in [7, 11) is 1.54. The number of carboxylic acid groups (broad SMARTS) is 1. The molecule has 23 heavy (non-hydrogen) atoms. The number of benzene rings is 2. The molecule has 1 N–H and O–H groups in total. The number of carboxylic acids is 1. The molecule has 5 heteroatoms. The molecule has 2 rings (SSSR count). The largest absolute Gasteiger partial charge is 0.497 e. The van der Waals surface area contributed by atoms with E-state index in [1.807, 2.05) is 0 Å². The minimum absolute atomic E-state index is 0.193. The van der Waals surface area contributed by atoms with Gasteiger partial charge in [0.25, 0.3) is 0 Å². The molecule has 0 saturated carbocycles. The lowest BCUT2D eigenvalue weighted by Gasteiger charge is -2.21. The Labute approximate surface area is 133 Å². The number of hydrogen-bond donors (Lipinski definition) is 1. The zero-order chi connectivity index (χ0) is 16.8. The van der Waals surface area contributed by atoms with Crippen molar-refractivity contribution in [2.45, 2.75) is 18.3 Å². The third-order valence-electron chi connectivity index (χ3n) is 3.71. The minimum atomic E-state index is -0.992. The van der Waals surface area contributed by atoms with E-state index in [1.165, 1.54) is 24.3 Å². The lowest BCUT2D eigenvalue weighted by Crippen LogP contribution is -2.14. The maximum Gasteiger partial charge on any atom is 0.304 e. The van der Waals surface area contributed by atoms with Gasteiger partial charge in [-0.25, -0.2) is 4.39 Å². The second kappa shape index (κ2) is 7.41. The number of nitriles is 1. The van der Waals surface area contributed by atoms with Crippen molar-refractivity contribution < 1.29 is 19.0 Å². The van der Waals surface area contributed by atoms with Crippen molar-refractivity contribution in [3.05, 3.63) is 65.5 Å².